The predicted octanol–water partition coefficient (Wildman–Crippen LogP) is 1.18. The zero-order valence-electron chi connectivity index (χ0n) is 20.6. The lowest BCUT2D eigenvalue weighted by Gasteiger charge is -2.50. The Morgan fingerprint density at radius 2 is 1.89 bits per heavy atom. The quantitative estimate of drug-likeness (QED) is 0.335. The van der Waals surface area contributed by atoms with E-state index in [0.29, 0.717) is 11.1 Å². The molecule has 37 heavy (non-hydrogen) atoms. The van der Waals surface area contributed by atoms with Gasteiger partial charge in [-0.3, -0.25) is 24.2 Å². The highest BCUT2D eigenvalue weighted by Crippen LogP contribution is 2.53. The summed E-state index contributed by atoms with van der Waals surface area (Å²) in [5.74, 6) is -7.21. The van der Waals surface area contributed by atoms with Gasteiger partial charge in [0.1, 0.15) is 29.5 Å². The number of aliphatic hydroxyl groups excluding tert-OH is 2. The molecule has 1 aromatic carbocycles. The van der Waals surface area contributed by atoms with Crippen LogP contribution >= 0.6 is 11.6 Å². The fourth-order valence-corrected chi connectivity index (χ4v) is 6.27. The number of amides is 1. The Morgan fingerprint density at radius 3 is 2.46 bits per heavy atom. The van der Waals surface area contributed by atoms with Gasteiger partial charge >= 0.3 is 0 Å². The number of benzene rings is 1. The van der Waals surface area contributed by atoms with E-state index in [-0.39, 0.29) is 42.1 Å². The van der Waals surface area contributed by atoms with Crippen LogP contribution in [0.4, 0.5) is 4.39 Å². The molecule has 0 spiro atoms. The highest BCUT2D eigenvalue weighted by molar-refractivity contribution is 6.33. The standard InChI is InChI=1S/C25H29ClFN3O7/c1-29(2)19-13-7-10-6-12-16(14(31)8-11(18(12)26)9-30(3)5-4-27)20(32)15(10)22(34)25(13,37)23(35)17(21(19)33)24(28)36/h8,10,13,19,31,33-34,37H,4-7,9H2,1-3H3,(H2,28,36)/t10-,13-,19-,25-/m0/s1. The van der Waals surface area contributed by atoms with Crippen LogP contribution in [-0.2, 0) is 22.6 Å². The van der Waals surface area contributed by atoms with Crippen LogP contribution in [0.15, 0.2) is 28.7 Å². The average molecular weight is 538 g/mol. The number of aromatic hydroxyl groups is 1. The molecule has 4 atom stereocenters. The Kier molecular flexibility index (Phi) is 6.87. The van der Waals surface area contributed by atoms with Crippen LogP contribution in [0, 0.1) is 11.8 Å². The van der Waals surface area contributed by atoms with Crippen molar-refractivity contribution >= 4 is 29.1 Å². The molecule has 0 saturated carbocycles. The third-order valence-electron chi connectivity index (χ3n) is 7.64. The molecule has 0 aliphatic heterocycles. The minimum atomic E-state index is -2.70. The van der Waals surface area contributed by atoms with Crippen LogP contribution < -0.4 is 5.73 Å². The second-order valence-corrected chi connectivity index (χ2v) is 10.5. The first kappa shape index (κ1) is 27.1. The fraction of sp³-hybridized carbons (Fsp3) is 0.480. The molecule has 0 aromatic heterocycles. The van der Waals surface area contributed by atoms with Crippen molar-refractivity contribution in [1.82, 2.24) is 9.80 Å². The molecule has 3 aliphatic rings. The van der Waals surface area contributed by atoms with Crippen molar-refractivity contribution in [3.8, 4) is 5.75 Å². The lowest BCUT2D eigenvalue weighted by atomic mass is 9.58. The first-order chi connectivity index (χ1) is 17.3. The minimum absolute atomic E-state index is 0.0329. The molecule has 6 N–H and O–H groups in total. The van der Waals surface area contributed by atoms with Gasteiger partial charge in [-0.15, -0.1) is 0 Å². The van der Waals surface area contributed by atoms with Crippen LogP contribution in [0.3, 0.4) is 0 Å². The van der Waals surface area contributed by atoms with Gasteiger partial charge in [0.25, 0.3) is 5.91 Å². The van der Waals surface area contributed by atoms with Gasteiger partial charge in [0.05, 0.1) is 11.6 Å². The van der Waals surface area contributed by atoms with Crippen molar-refractivity contribution in [3.05, 3.63) is 50.4 Å². The van der Waals surface area contributed by atoms with E-state index in [2.05, 4.69) is 0 Å². The van der Waals surface area contributed by atoms with Gasteiger partial charge in [-0.1, -0.05) is 11.6 Å². The van der Waals surface area contributed by atoms with Gasteiger partial charge in [-0.25, -0.2) is 4.39 Å². The number of hydrogen-bond donors (Lipinski definition) is 5. The lowest BCUT2D eigenvalue weighted by Crippen LogP contribution is -2.63. The fourth-order valence-electron chi connectivity index (χ4n) is 5.98. The summed E-state index contributed by atoms with van der Waals surface area (Å²) in [7, 11) is 4.80. The van der Waals surface area contributed by atoms with Crippen molar-refractivity contribution in [1.29, 1.82) is 0 Å². The van der Waals surface area contributed by atoms with Gasteiger partial charge in [0, 0.05) is 29.6 Å². The molecule has 10 nitrogen and oxygen atoms in total. The molecule has 0 saturated heterocycles. The first-order valence-corrected chi connectivity index (χ1v) is 12.1. The largest absolute Gasteiger partial charge is 0.510 e. The first-order valence-electron chi connectivity index (χ1n) is 11.7. The smallest absolute Gasteiger partial charge is 0.255 e. The number of hydrogen-bond acceptors (Lipinski definition) is 9. The van der Waals surface area contributed by atoms with E-state index in [9.17, 15) is 39.2 Å². The number of phenolic OH excluding ortho intramolecular Hbond substituents is 1. The summed E-state index contributed by atoms with van der Waals surface area (Å²) in [6, 6.07) is 0.223. The molecule has 1 aromatic rings. The Balaban J connectivity index is 1.88. The van der Waals surface area contributed by atoms with E-state index in [1.165, 1.54) is 11.0 Å². The number of Topliss-reactive ketones (excluding diaryl/α,β-unsaturated/α-hetero) is 2. The number of aliphatic hydroxyl groups is 3. The topological polar surface area (TPSA) is 165 Å². The molecule has 0 fully saturated rings. The maximum atomic E-state index is 13.6. The van der Waals surface area contributed by atoms with Crippen LogP contribution in [0.25, 0.3) is 0 Å². The highest BCUT2D eigenvalue weighted by atomic mass is 35.5. The molecular formula is C25H29ClFN3O7. The summed E-state index contributed by atoms with van der Waals surface area (Å²) in [6.45, 7) is -0.223. The maximum absolute atomic E-state index is 13.6. The van der Waals surface area contributed by atoms with Gasteiger partial charge in [0.2, 0.25) is 5.78 Å². The van der Waals surface area contributed by atoms with E-state index in [4.69, 9.17) is 17.3 Å². The molecule has 0 radical (unpaired) electrons. The molecule has 4 rings (SSSR count). The Hall–Kier alpha value is -2.99. The molecule has 0 bridgehead atoms. The van der Waals surface area contributed by atoms with E-state index in [0.717, 1.165) is 0 Å². The number of carbonyl (C=O) groups is 3. The number of nitrogens with zero attached hydrogens (tertiary/aromatic N) is 2. The number of likely N-dealkylation sites (N-methyl/N-ethyl adjacent to an activating group) is 1. The number of phenols is 1. The number of ketones is 2. The summed E-state index contributed by atoms with van der Waals surface area (Å²) >= 11 is 6.65. The number of carbonyl (C=O) groups excluding carboxylic acids is 3. The zero-order chi connectivity index (χ0) is 27.6. The van der Waals surface area contributed by atoms with E-state index >= 15 is 0 Å². The summed E-state index contributed by atoms with van der Waals surface area (Å²) in [5, 5.41) is 44.6. The Labute approximate surface area is 217 Å². The highest BCUT2D eigenvalue weighted by Gasteiger charge is 2.63. The average Bonchev–Trinajstić information content (AvgIpc) is 2.79. The van der Waals surface area contributed by atoms with Crippen molar-refractivity contribution in [2.75, 3.05) is 34.4 Å². The number of primary amides is 1. The van der Waals surface area contributed by atoms with Crippen LogP contribution in [-0.4, -0.2) is 93.7 Å². The molecule has 0 heterocycles. The van der Waals surface area contributed by atoms with Crippen molar-refractivity contribution in [2.45, 2.75) is 31.0 Å². The Bertz CT molecular complexity index is 1280. The van der Waals surface area contributed by atoms with E-state index in [1.54, 1.807) is 26.0 Å². The SMILES string of the molecule is CN(CCF)Cc1cc(O)c2c(c1Cl)C[C@H]1C[C@H]3[C@H](N(C)C)C(O)=C(C(N)=O)C(=O)[C@@]3(O)C(O)=C1C2=O. The van der Waals surface area contributed by atoms with Gasteiger partial charge in [-0.2, -0.15) is 0 Å². The van der Waals surface area contributed by atoms with Crippen LogP contribution in [0.1, 0.15) is 27.9 Å². The minimum Gasteiger partial charge on any atom is -0.510 e. The number of rotatable bonds is 6. The number of halogens is 2. The van der Waals surface area contributed by atoms with Crippen LogP contribution in [0.2, 0.25) is 5.02 Å². The lowest BCUT2D eigenvalue weighted by molar-refractivity contribution is -0.148. The van der Waals surface area contributed by atoms with E-state index in [1.807, 2.05) is 0 Å². The third kappa shape index (κ3) is 3.92. The Morgan fingerprint density at radius 1 is 1.24 bits per heavy atom. The monoisotopic (exact) mass is 537 g/mol. The number of allylic oxidation sites excluding steroid dienone is 1. The summed E-state index contributed by atoms with van der Waals surface area (Å²) in [4.78, 5) is 42.0. The number of alkyl halides is 1. The zero-order valence-corrected chi connectivity index (χ0v) is 21.3. The summed E-state index contributed by atoms with van der Waals surface area (Å²) < 4.78 is 12.8. The number of nitrogens with two attached hydrogens (primary N) is 1. The van der Waals surface area contributed by atoms with Gasteiger partial charge in [-0.05, 0) is 57.1 Å². The molecule has 1 amide bonds. The molecular weight excluding hydrogens is 509 g/mol. The summed E-state index contributed by atoms with van der Waals surface area (Å²) in [5.41, 5.74) is 2.16. The third-order valence-corrected chi connectivity index (χ3v) is 8.11. The summed E-state index contributed by atoms with van der Waals surface area (Å²) in [6.07, 6.45) is 0.0520. The molecule has 3 aliphatic carbocycles. The number of fused-ring (bicyclic) bond motifs is 3. The predicted molar refractivity (Wildman–Crippen MR) is 131 cm³/mol. The van der Waals surface area contributed by atoms with Crippen molar-refractivity contribution < 1.29 is 39.2 Å². The molecule has 0 unspecified atom stereocenters. The second kappa shape index (κ2) is 9.39. The maximum Gasteiger partial charge on any atom is 0.255 e. The van der Waals surface area contributed by atoms with Gasteiger partial charge in [0.15, 0.2) is 11.4 Å². The molecule has 12 heteroatoms. The molecule has 200 valence electrons. The van der Waals surface area contributed by atoms with Crippen molar-refractivity contribution in [2.24, 2.45) is 17.6 Å². The normalized spacial score (nSPS) is 27.5. The van der Waals surface area contributed by atoms with Crippen LogP contribution in [0.5, 0.6) is 5.75 Å². The second-order valence-electron chi connectivity index (χ2n) is 10.1. The van der Waals surface area contributed by atoms with Gasteiger partial charge < -0.3 is 26.2 Å². The van der Waals surface area contributed by atoms with Crippen molar-refractivity contribution in [3.63, 3.8) is 0 Å². The van der Waals surface area contributed by atoms with E-state index < -0.39 is 70.5 Å².